The average Bonchev–Trinajstić information content (AvgIpc) is 2.43. The molecule has 20 heavy (non-hydrogen) atoms. The van der Waals surface area contributed by atoms with Crippen LogP contribution in [-0.4, -0.2) is 22.6 Å². The monoisotopic (exact) mass is 337 g/mol. The normalized spacial score (nSPS) is 10.3. The number of anilines is 1. The van der Waals surface area contributed by atoms with E-state index in [2.05, 4.69) is 20.9 Å². The van der Waals surface area contributed by atoms with Crippen LogP contribution >= 0.6 is 15.9 Å². The first-order chi connectivity index (χ1) is 9.54. The van der Waals surface area contributed by atoms with Crippen LogP contribution in [0.15, 0.2) is 40.0 Å². The molecule has 0 radical (unpaired) electrons. The zero-order chi connectivity index (χ0) is 14.7. The minimum Gasteiger partial charge on any atom is -0.465 e. The van der Waals surface area contributed by atoms with Gasteiger partial charge in [-0.3, -0.25) is 9.36 Å². The summed E-state index contributed by atoms with van der Waals surface area (Å²) in [6.45, 7) is 0.181. The average molecular weight is 338 g/mol. The second-order valence-corrected chi connectivity index (χ2v) is 4.90. The maximum Gasteiger partial charge on any atom is 0.340 e. The first kappa shape index (κ1) is 14.3. The van der Waals surface area contributed by atoms with Crippen LogP contribution in [0.25, 0.3) is 0 Å². The molecule has 2 N–H and O–H groups in total. The molecule has 0 unspecified atom stereocenters. The number of ether oxygens (including phenoxy) is 1. The first-order valence-electron chi connectivity index (χ1n) is 5.70. The largest absolute Gasteiger partial charge is 0.465 e. The van der Waals surface area contributed by atoms with E-state index in [1.807, 2.05) is 0 Å². The Bertz CT molecular complexity index is 712. The van der Waals surface area contributed by atoms with Crippen molar-refractivity contribution in [1.29, 1.82) is 0 Å². The number of esters is 1. The Hall–Kier alpha value is -2.15. The van der Waals surface area contributed by atoms with Crippen LogP contribution < -0.4 is 11.3 Å². The lowest BCUT2D eigenvalue weighted by atomic mass is 10.1. The van der Waals surface area contributed by atoms with Crippen molar-refractivity contribution in [3.05, 3.63) is 56.7 Å². The summed E-state index contributed by atoms with van der Waals surface area (Å²) in [6, 6.07) is 5.04. The summed E-state index contributed by atoms with van der Waals surface area (Å²) in [6.07, 6.45) is 2.82. The summed E-state index contributed by atoms with van der Waals surface area (Å²) in [5.41, 5.74) is 6.74. The molecule has 104 valence electrons. The number of methoxy groups -OCH3 is 1. The summed E-state index contributed by atoms with van der Waals surface area (Å²) in [7, 11) is 1.28. The molecule has 1 heterocycles. The minimum absolute atomic E-state index is 0.181. The van der Waals surface area contributed by atoms with E-state index in [0.717, 1.165) is 0 Å². The zero-order valence-corrected chi connectivity index (χ0v) is 12.3. The Balaban J connectivity index is 2.49. The highest BCUT2D eigenvalue weighted by molar-refractivity contribution is 9.10. The molecular formula is C13H12BrN3O3. The van der Waals surface area contributed by atoms with E-state index in [9.17, 15) is 9.59 Å². The van der Waals surface area contributed by atoms with Gasteiger partial charge in [-0.15, -0.1) is 0 Å². The first-order valence-corrected chi connectivity index (χ1v) is 6.49. The third-order valence-electron chi connectivity index (χ3n) is 2.77. The van der Waals surface area contributed by atoms with Crippen LogP contribution in [0.2, 0.25) is 0 Å². The molecule has 0 fully saturated rings. The van der Waals surface area contributed by atoms with Crippen molar-refractivity contribution in [2.24, 2.45) is 0 Å². The van der Waals surface area contributed by atoms with E-state index >= 15 is 0 Å². The minimum atomic E-state index is -0.533. The summed E-state index contributed by atoms with van der Waals surface area (Å²) in [5, 5.41) is 0. The molecule has 0 saturated heterocycles. The topological polar surface area (TPSA) is 87.2 Å². The van der Waals surface area contributed by atoms with Crippen molar-refractivity contribution < 1.29 is 9.53 Å². The Morgan fingerprint density at radius 3 is 2.95 bits per heavy atom. The predicted molar refractivity (Wildman–Crippen MR) is 77.5 cm³/mol. The fourth-order valence-corrected chi connectivity index (χ4v) is 2.17. The second-order valence-electron chi connectivity index (χ2n) is 4.05. The lowest BCUT2D eigenvalue weighted by molar-refractivity contribution is 0.0600. The highest BCUT2D eigenvalue weighted by Crippen LogP contribution is 2.19. The highest BCUT2D eigenvalue weighted by atomic mass is 79.9. The van der Waals surface area contributed by atoms with Crippen LogP contribution in [0.4, 0.5) is 5.69 Å². The number of hydrogen-bond acceptors (Lipinski definition) is 5. The summed E-state index contributed by atoms with van der Waals surface area (Å²) >= 11 is 3.12. The van der Waals surface area contributed by atoms with Crippen molar-refractivity contribution in [2.75, 3.05) is 12.8 Å². The van der Waals surface area contributed by atoms with Gasteiger partial charge in [0.15, 0.2) is 0 Å². The standard InChI is InChI=1S/C13H12BrN3O3/c1-20-13(19)11-8(3-2-4-10(11)15)6-17-7-16-5-9(14)12(17)18/h2-5,7H,6,15H2,1H3. The van der Waals surface area contributed by atoms with Gasteiger partial charge in [0.05, 0.1) is 25.5 Å². The Labute approximate surface area is 123 Å². The molecule has 2 aromatic rings. The van der Waals surface area contributed by atoms with Crippen LogP contribution in [0, 0.1) is 0 Å². The maximum absolute atomic E-state index is 11.9. The molecule has 0 aliphatic rings. The van der Waals surface area contributed by atoms with Crippen LogP contribution in [0.5, 0.6) is 0 Å². The van der Waals surface area contributed by atoms with Gasteiger partial charge >= 0.3 is 5.97 Å². The van der Waals surface area contributed by atoms with E-state index in [1.165, 1.54) is 24.2 Å². The van der Waals surface area contributed by atoms with Crippen LogP contribution in [-0.2, 0) is 11.3 Å². The fourth-order valence-electron chi connectivity index (χ4n) is 1.82. The van der Waals surface area contributed by atoms with Gasteiger partial charge in [0.1, 0.15) is 4.47 Å². The zero-order valence-electron chi connectivity index (χ0n) is 10.7. The molecule has 1 aromatic heterocycles. The smallest absolute Gasteiger partial charge is 0.340 e. The molecule has 0 aliphatic heterocycles. The molecule has 7 heteroatoms. The molecule has 0 aliphatic carbocycles. The van der Waals surface area contributed by atoms with Crippen molar-refractivity contribution in [1.82, 2.24) is 9.55 Å². The predicted octanol–water partition coefficient (Wildman–Crippen LogP) is 1.42. The van der Waals surface area contributed by atoms with Crippen molar-refractivity contribution in [2.45, 2.75) is 6.54 Å². The quantitative estimate of drug-likeness (QED) is 0.676. The number of aromatic nitrogens is 2. The number of nitrogens with zero attached hydrogens (tertiary/aromatic N) is 2. The van der Waals surface area contributed by atoms with Crippen LogP contribution in [0.3, 0.4) is 0 Å². The summed E-state index contributed by atoms with van der Waals surface area (Å²) < 4.78 is 6.45. The molecular weight excluding hydrogens is 326 g/mol. The third-order valence-corrected chi connectivity index (χ3v) is 3.32. The van der Waals surface area contributed by atoms with E-state index < -0.39 is 5.97 Å². The summed E-state index contributed by atoms with van der Waals surface area (Å²) in [4.78, 5) is 27.6. The number of halogens is 1. The number of benzene rings is 1. The van der Waals surface area contributed by atoms with Gasteiger partial charge in [-0.25, -0.2) is 9.78 Å². The third kappa shape index (κ3) is 2.72. The highest BCUT2D eigenvalue weighted by Gasteiger charge is 2.16. The molecule has 2 rings (SSSR count). The van der Waals surface area contributed by atoms with Gasteiger partial charge in [0.2, 0.25) is 0 Å². The van der Waals surface area contributed by atoms with Gasteiger partial charge in [-0.05, 0) is 27.6 Å². The van der Waals surface area contributed by atoms with Gasteiger partial charge in [0, 0.05) is 11.9 Å². The Morgan fingerprint density at radius 2 is 2.25 bits per heavy atom. The van der Waals surface area contributed by atoms with Gasteiger partial charge in [-0.2, -0.15) is 0 Å². The SMILES string of the molecule is COC(=O)c1c(N)cccc1Cn1cncc(Br)c1=O. The lowest BCUT2D eigenvalue weighted by Crippen LogP contribution is -2.22. The van der Waals surface area contributed by atoms with Gasteiger partial charge in [0.25, 0.3) is 5.56 Å². The molecule has 0 saturated carbocycles. The number of nitrogens with two attached hydrogens (primary N) is 1. The lowest BCUT2D eigenvalue weighted by Gasteiger charge is -2.11. The van der Waals surface area contributed by atoms with Crippen molar-refractivity contribution in [3.8, 4) is 0 Å². The summed E-state index contributed by atoms with van der Waals surface area (Å²) in [5.74, 6) is -0.533. The van der Waals surface area contributed by atoms with E-state index in [0.29, 0.717) is 15.7 Å². The Kier molecular flexibility index (Phi) is 4.19. The molecule has 0 spiro atoms. The number of hydrogen-bond donors (Lipinski definition) is 1. The maximum atomic E-state index is 11.9. The fraction of sp³-hybridized carbons (Fsp3) is 0.154. The molecule has 0 amide bonds. The van der Waals surface area contributed by atoms with E-state index in [-0.39, 0.29) is 17.7 Å². The van der Waals surface area contributed by atoms with Crippen LogP contribution in [0.1, 0.15) is 15.9 Å². The Morgan fingerprint density at radius 1 is 1.50 bits per heavy atom. The van der Waals surface area contributed by atoms with Gasteiger partial charge < -0.3 is 10.5 Å². The number of carbonyl (C=O) groups is 1. The van der Waals surface area contributed by atoms with Gasteiger partial charge in [-0.1, -0.05) is 12.1 Å². The van der Waals surface area contributed by atoms with E-state index in [1.54, 1.807) is 18.2 Å². The second kappa shape index (κ2) is 5.87. The number of rotatable bonds is 3. The van der Waals surface area contributed by atoms with E-state index in [4.69, 9.17) is 10.5 Å². The van der Waals surface area contributed by atoms with Crippen molar-refractivity contribution in [3.63, 3.8) is 0 Å². The molecule has 0 atom stereocenters. The van der Waals surface area contributed by atoms with Crippen molar-refractivity contribution >= 4 is 27.6 Å². The molecule has 6 nitrogen and oxygen atoms in total. The number of carbonyl (C=O) groups excluding carboxylic acids is 1. The number of nitrogen functional groups attached to an aromatic ring is 1. The molecule has 0 bridgehead atoms. The molecule has 1 aromatic carbocycles.